The Labute approximate surface area is 131 Å². The molecule has 0 aliphatic rings. The van der Waals surface area contributed by atoms with Gasteiger partial charge in [-0.2, -0.15) is 0 Å². The average Bonchev–Trinajstić information content (AvgIpc) is 3.14. The fourth-order valence-electron chi connectivity index (χ4n) is 1.46. The van der Waals surface area contributed by atoms with E-state index in [4.69, 9.17) is 4.42 Å². The molecule has 1 amide bonds. The normalized spacial score (nSPS) is 12.1. The summed E-state index contributed by atoms with van der Waals surface area (Å²) in [4.78, 5) is 11.7. The minimum atomic E-state index is 0.0228. The Hall–Kier alpha value is -1.54. The molecule has 8 heteroatoms. The van der Waals surface area contributed by atoms with E-state index in [-0.39, 0.29) is 11.9 Å². The summed E-state index contributed by atoms with van der Waals surface area (Å²) in [7, 11) is 0. The summed E-state index contributed by atoms with van der Waals surface area (Å²) >= 11 is 2.82. The lowest BCUT2D eigenvalue weighted by atomic mass is 10.3. The van der Waals surface area contributed by atoms with Crippen molar-refractivity contribution < 1.29 is 9.21 Å². The number of furan rings is 1. The molecule has 2 aromatic rings. The maximum atomic E-state index is 11.7. The van der Waals surface area contributed by atoms with Crippen LogP contribution in [0.5, 0.6) is 0 Å². The SMILES string of the molecule is CC[C@H](C)NC(=O)CSc1nnc(NCc2ccco2)s1. The second kappa shape index (κ2) is 8.04. The van der Waals surface area contributed by atoms with Gasteiger partial charge in [-0.25, -0.2) is 0 Å². The Kier molecular flexibility index (Phi) is 6.06. The minimum Gasteiger partial charge on any atom is -0.467 e. The number of amides is 1. The van der Waals surface area contributed by atoms with Gasteiger partial charge in [0.1, 0.15) is 5.76 Å². The zero-order chi connectivity index (χ0) is 15.1. The highest BCUT2D eigenvalue weighted by atomic mass is 32.2. The molecule has 0 aromatic carbocycles. The molecule has 2 heterocycles. The molecule has 0 fully saturated rings. The van der Waals surface area contributed by atoms with E-state index >= 15 is 0 Å². The van der Waals surface area contributed by atoms with Crippen LogP contribution in [0.4, 0.5) is 5.13 Å². The highest BCUT2D eigenvalue weighted by molar-refractivity contribution is 8.01. The summed E-state index contributed by atoms with van der Waals surface area (Å²) in [6, 6.07) is 3.94. The van der Waals surface area contributed by atoms with Crippen LogP contribution < -0.4 is 10.6 Å². The zero-order valence-electron chi connectivity index (χ0n) is 12.0. The van der Waals surface area contributed by atoms with E-state index in [9.17, 15) is 4.79 Å². The van der Waals surface area contributed by atoms with Crippen molar-refractivity contribution >= 4 is 34.1 Å². The average molecular weight is 326 g/mol. The van der Waals surface area contributed by atoms with Gasteiger partial charge in [-0.05, 0) is 25.5 Å². The van der Waals surface area contributed by atoms with Crippen molar-refractivity contribution in [1.29, 1.82) is 0 Å². The molecule has 0 aliphatic carbocycles. The van der Waals surface area contributed by atoms with Gasteiger partial charge in [0, 0.05) is 6.04 Å². The van der Waals surface area contributed by atoms with E-state index in [2.05, 4.69) is 20.8 Å². The van der Waals surface area contributed by atoms with E-state index in [1.807, 2.05) is 26.0 Å². The fraction of sp³-hybridized carbons (Fsp3) is 0.462. The maximum Gasteiger partial charge on any atom is 0.230 e. The van der Waals surface area contributed by atoms with Crippen molar-refractivity contribution in [2.45, 2.75) is 37.2 Å². The Bertz CT molecular complexity index is 556. The van der Waals surface area contributed by atoms with E-state index in [1.54, 1.807) is 6.26 Å². The van der Waals surface area contributed by atoms with E-state index in [1.165, 1.54) is 23.1 Å². The number of rotatable bonds is 8. The van der Waals surface area contributed by atoms with E-state index in [0.717, 1.165) is 21.7 Å². The smallest absolute Gasteiger partial charge is 0.230 e. The number of nitrogens with zero attached hydrogens (tertiary/aromatic N) is 2. The van der Waals surface area contributed by atoms with Crippen LogP contribution in [0.2, 0.25) is 0 Å². The summed E-state index contributed by atoms with van der Waals surface area (Å²) in [6.07, 6.45) is 2.56. The highest BCUT2D eigenvalue weighted by Crippen LogP contribution is 2.25. The number of hydrogen-bond acceptors (Lipinski definition) is 7. The lowest BCUT2D eigenvalue weighted by Crippen LogP contribution is -2.33. The van der Waals surface area contributed by atoms with Gasteiger partial charge in [-0.1, -0.05) is 30.0 Å². The molecule has 0 unspecified atom stereocenters. The molecule has 0 aliphatic heterocycles. The third-order valence-electron chi connectivity index (χ3n) is 2.75. The third kappa shape index (κ3) is 5.39. The standard InChI is InChI=1S/C13H18N4O2S2/c1-3-9(2)15-11(18)8-20-13-17-16-12(21-13)14-7-10-5-4-6-19-10/h4-6,9H,3,7-8H2,1-2H3,(H,14,16)(H,15,18)/t9-/m0/s1. The number of anilines is 1. The molecule has 1 atom stereocenters. The molecular weight excluding hydrogens is 308 g/mol. The summed E-state index contributed by atoms with van der Waals surface area (Å²) in [6.45, 7) is 4.60. The van der Waals surface area contributed by atoms with Crippen LogP contribution in [0.3, 0.4) is 0 Å². The summed E-state index contributed by atoms with van der Waals surface area (Å²) < 4.78 is 6.00. The predicted molar refractivity (Wildman–Crippen MR) is 84.6 cm³/mol. The molecule has 114 valence electrons. The lowest BCUT2D eigenvalue weighted by molar-refractivity contribution is -0.119. The topological polar surface area (TPSA) is 80.0 Å². The first-order valence-corrected chi connectivity index (χ1v) is 8.49. The van der Waals surface area contributed by atoms with Gasteiger partial charge in [-0.3, -0.25) is 4.79 Å². The van der Waals surface area contributed by atoms with Crippen molar-refractivity contribution in [2.75, 3.05) is 11.1 Å². The monoisotopic (exact) mass is 326 g/mol. The van der Waals surface area contributed by atoms with Crippen molar-refractivity contribution in [2.24, 2.45) is 0 Å². The summed E-state index contributed by atoms with van der Waals surface area (Å²) in [5.41, 5.74) is 0. The molecule has 2 rings (SSSR count). The molecule has 0 radical (unpaired) electrons. The molecule has 6 nitrogen and oxygen atoms in total. The number of hydrogen-bond donors (Lipinski definition) is 2. The number of carbonyl (C=O) groups excluding carboxylic acids is 1. The van der Waals surface area contributed by atoms with Gasteiger partial charge in [0.25, 0.3) is 0 Å². The Morgan fingerprint density at radius 1 is 1.52 bits per heavy atom. The predicted octanol–water partition coefficient (Wildman–Crippen LogP) is 2.75. The van der Waals surface area contributed by atoms with E-state index < -0.39 is 0 Å². The molecule has 2 aromatic heterocycles. The van der Waals surface area contributed by atoms with Crippen molar-refractivity contribution in [3.05, 3.63) is 24.2 Å². The number of thioether (sulfide) groups is 1. The van der Waals surface area contributed by atoms with Crippen LogP contribution in [-0.4, -0.2) is 27.9 Å². The Morgan fingerprint density at radius 3 is 3.10 bits per heavy atom. The molecule has 0 saturated carbocycles. The second-order valence-corrected chi connectivity index (χ2v) is 6.67. The first-order valence-electron chi connectivity index (χ1n) is 6.69. The van der Waals surface area contributed by atoms with Crippen LogP contribution in [-0.2, 0) is 11.3 Å². The summed E-state index contributed by atoms with van der Waals surface area (Å²) in [5, 5.41) is 14.9. The Balaban J connectivity index is 1.74. The number of carbonyl (C=O) groups is 1. The minimum absolute atomic E-state index is 0.0228. The Morgan fingerprint density at radius 2 is 2.38 bits per heavy atom. The molecule has 2 N–H and O–H groups in total. The van der Waals surface area contributed by atoms with Gasteiger partial charge < -0.3 is 15.1 Å². The van der Waals surface area contributed by atoms with Crippen LogP contribution in [0.1, 0.15) is 26.0 Å². The molecule has 0 spiro atoms. The fourth-order valence-corrected chi connectivity index (χ4v) is 3.02. The van der Waals surface area contributed by atoms with Crippen LogP contribution in [0.15, 0.2) is 27.2 Å². The quantitative estimate of drug-likeness (QED) is 0.726. The maximum absolute atomic E-state index is 11.7. The van der Waals surface area contributed by atoms with Crippen LogP contribution in [0.25, 0.3) is 0 Å². The zero-order valence-corrected chi connectivity index (χ0v) is 13.6. The van der Waals surface area contributed by atoms with Gasteiger partial charge >= 0.3 is 0 Å². The van der Waals surface area contributed by atoms with E-state index in [0.29, 0.717) is 12.3 Å². The largest absolute Gasteiger partial charge is 0.467 e. The van der Waals surface area contributed by atoms with Crippen molar-refractivity contribution in [3.8, 4) is 0 Å². The molecule has 0 saturated heterocycles. The second-order valence-electron chi connectivity index (χ2n) is 4.47. The van der Waals surface area contributed by atoms with Crippen LogP contribution in [0, 0.1) is 0 Å². The van der Waals surface area contributed by atoms with Gasteiger partial charge in [-0.15, -0.1) is 10.2 Å². The lowest BCUT2D eigenvalue weighted by Gasteiger charge is -2.09. The van der Waals surface area contributed by atoms with Gasteiger partial charge in [0.05, 0.1) is 18.6 Å². The highest BCUT2D eigenvalue weighted by Gasteiger charge is 2.09. The van der Waals surface area contributed by atoms with Crippen LogP contribution >= 0.6 is 23.1 Å². The molecule has 21 heavy (non-hydrogen) atoms. The molecular formula is C13H18N4O2S2. The van der Waals surface area contributed by atoms with Gasteiger partial charge in [0.2, 0.25) is 11.0 Å². The first-order chi connectivity index (χ1) is 10.2. The first kappa shape index (κ1) is 15.8. The third-order valence-corrected chi connectivity index (χ3v) is 4.76. The summed E-state index contributed by atoms with van der Waals surface area (Å²) in [5.74, 6) is 1.22. The molecule has 0 bridgehead atoms. The number of aromatic nitrogens is 2. The number of nitrogens with one attached hydrogen (secondary N) is 2. The van der Waals surface area contributed by atoms with Crippen molar-refractivity contribution in [1.82, 2.24) is 15.5 Å². The van der Waals surface area contributed by atoms with Gasteiger partial charge in [0.15, 0.2) is 4.34 Å². The van der Waals surface area contributed by atoms with Crippen molar-refractivity contribution in [3.63, 3.8) is 0 Å².